The summed E-state index contributed by atoms with van der Waals surface area (Å²) in [6.45, 7) is 0.544. The first-order valence-electron chi connectivity index (χ1n) is 2.84. The van der Waals surface area contributed by atoms with Gasteiger partial charge in [-0.15, -0.1) is 0 Å². The molecule has 4 nitrogen and oxygen atoms in total. The van der Waals surface area contributed by atoms with Gasteiger partial charge in [0, 0.05) is 18.3 Å². The van der Waals surface area contributed by atoms with Crippen molar-refractivity contribution in [1.82, 2.24) is 5.32 Å². The van der Waals surface area contributed by atoms with Crippen LogP contribution in [0.25, 0.3) is 0 Å². The summed E-state index contributed by atoms with van der Waals surface area (Å²) in [5.74, 6) is 0. The first kappa shape index (κ1) is 8.66. The molecule has 5 N–H and O–H groups in total. The molecule has 0 heterocycles. The molecule has 0 saturated heterocycles. The second-order valence-electron chi connectivity index (χ2n) is 1.82. The molecule has 0 saturated carbocycles. The summed E-state index contributed by atoms with van der Waals surface area (Å²) in [5, 5.41) is 16.2. The van der Waals surface area contributed by atoms with Crippen molar-refractivity contribution in [2.45, 2.75) is 0 Å². The molecule has 0 aliphatic rings. The van der Waals surface area contributed by atoms with Crippen LogP contribution in [-0.4, -0.2) is 19.3 Å². The normalized spacial score (nSPS) is 10.6. The lowest BCUT2D eigenvalue weighted by Crippen LogP contribution is -2.38. The zero-order chi connectivity index (χ0) is 7.98. The lowest BCUT2D eigenvalue weighted by molar-refractivity contribution is -0.109. The molecule has 0 atom stereocenters. The Morgan fingerprint density at radius 3 is 2.90 bits per heavy atom. The molecule has 4 heteroatoms. The summed E-state index contributed by atoms with van der Waals surface area (Å²) >= 11 is 0. The van der Waals surface area contributed by atoms with Crippen LogP contribution in [0.4, 0.5) is 0 Å². The van der Waals surface area contributed by atoms with Crippen LogP contribution in [0.3, 0.4) is 0 Å². The monoisotopic (exact) mass is 139 g/mol. The molecule has 0 radical (unpaired) electrons. The van der Waals surface area contributed by atoms with Gasteiger partial charge in [0.15, 0.2) is 6.07 Å². The zero-order valence-electron chi connectivity index (χ0n) is 5.89. The van der Waals surface area contributed by atoms with Gasteiger partial charge in [-0.05, 0) is 7.05 Å². The summed E-state index contributed by atoms with van der Waals surface area (Å²) in [4.78, 5) is 0. The molecular weight excluding hydrogens is 128 g/mol. The molecule has 0 aromatic rings. The summed E-state index contributed by atoms with van der Waals surface area (Å²) in [6.07, 6.45) is 1.44. The molecular formula is C6H11N4+. The van der Waals surface area contributed by atoms with E-state index in [0.717, 1.165) is 0 Å². The van der Waals surface area contributed by atoms with E-state index in [9.17, 15) is 0 Å². The average molecular weight is 139 g/mol. The fourth-order valence-corrected chi connectivity index (χ4v) is 0.487. The van der Waals surface area contributed by atoms with E-state index < -0.39 is 0 Å². The lowest BCUT2D eigenvalue weighted by Gasteiger charge is -1.94. The molecule has 0 fully saturated rings. The molecule has 0 aromatic heterocycles. The zero-order valence-corrected chi connectivity index (χ0v) is 5.89. The maximum absolute atomic E-state index is 8.22. The maximum Gasteiger partial charge on any atom is 0.276 e. The van der Waals surface area contributed by atoms with Crippen molar-refractivity contribution in [3.05, 3.63) is 11.8 Å². The van der Waals surface area contributed by atoms with Crippen LogP contribution in [0, 0.1) is 11.3 Å². The Kier molecular flexibility index (Phi) is 3.92. The first-order valence-corrected chi connectivity index (χ1v) is 2.84. The van der Waals surface area contributed by atoms with Gasteiger partial charge in [-0.25, -0.2) is 5.41 Å². The van der Waals surface area contributed by atoms with E-state index in [2.05, 4.69) is 5.32 Å². The van der Waals surface area contributed by atoms with Crippen LogP contribution in [0.5, 0.6) is 0 Å². The van der Waals surface area contributed by atoms with Crippen LogP contribution >= 0.6 is 0 Å². The number of hydrogen-bond acceptors (Lipinski definition) is 3. The third-order valence-electron chi connectivity index (χ3n) is 0.851. The van der Waals surface area contributed by atoms with Crippen molar-refractivity contribution in [2.75, 3.05) is 13.6 Å². The van der Waals surface area contributed by atoms with Gasteiger partial charge < -0.3 is 11.1 Å². The minimum absolute atomic E-state index is 0.132. The number of nitriles is 1. The van der Waals surface area contributed by atoms with Crippen molar-refractivity contribution in [1.29, 1.82) is 5.26 Å². The Labute approximate surface area is 59.8 Å². The highest BCUT2D eigenvalue weighted by atomic mass is 14.8. The minimum Gasteiger partial charge on any atom is -0.401 e. The van der Waals surface area contributed by atoms with Gasteiger partial charge in [0.1, 0.15) is 0 Å². The van der Waals surface area contributed by atoms with Gasteiger partial charge in [0.2, 0.25) is 0 Å². The van der Waals surface area contributed by atoms with E-state index in [0.29, 0.717) is 12.2 Å². The third-order valence-corrected chi connectivity index (χ3v) is 0.851. The van der Waals surface area contributed by atoms with Crippen molar-refractivity contribution in [2.24, 2.45) is 5.73 Å². The predicted octanol–water partition coefficient (Wildman–Crippen LogP) is -2.23. The van der Waals surface area contributed by atoms with E-state index in [4.69, 9.17) is 16.4 Å². The number of hydrogen-bond donors (Lipinski definition) is 3. The molecule has 0 rings (SSSR count). The number of nitrogens with zero attached hydrogens (tertiary/aromatic N) is 1. The standard InChI is InChI=1S/C6H10N4/c1-10-4-6(9)2-5(8)3-7/h2,8,10H,4,9H2,1H3/p+1. The van der Waals surface area contributed by atoms with E-state index in [1.807, 2.05) is 0 Å². The summed E-state index contributed by atoms with van der Waals surface area (Å²) in [7, 11) is 1.77. The second-order valence-corrected chi connectivity index (χ2v) is 1.82. The smallest absolute Gasteiger partial charge is 0.276 e. The molecule has 0 unspecified atom stereocenters. The topological polar surface area (TPSA) is 87.4 Å². The van der Waals surface area contributed by atoms with Crippen molar-refractivity contribution < 1.29 is 5.41 Å². The highest BCUT2D eigenvalue weighted by Gasteiger charge is 1.95. The Bertz CT molecular complexity index is 186. The maximum atomic E-state index is 8.22. The van der Waals surface area contributed by atoms with E-state index >= 15 is 0 Å². The largest absolute Gasteiger partial charge is 0.401 e. The number of rotatable bonds is 3. The Morgan fingerprint density at radius 1 is 1.90 bits per heavy atom. The molecule has 0 aliphatic carbocycles. The molecule has 0 aliphatic heterocycles. The van der Waals surface area contributed by atoms with Crippen LogP contribution in [-0.2, 0) is 0 Å². The predicted molar refractivity (Wildman–Crippen MR) is 38.7 cm³/mol. The van der Waals surface area contributed by atoms with Gasteiger partial charge in [0.25, 0.3) is 5.71 Å². The van der Waals surface area contributed by atoms with Crippen molar-refractivity contribution >= 4 is 5.71 Å². The molecule has 0 bridgehead atoms. The van der Waals surface area contributed by atoms with Crippen molar-refractivity contribution in [3.63, 3.8) is 0 Å². The number of likely N-dealkylation sites (N-methyl/N-ethyl adjacent to an activating group) is 1. The summed E-state index contributed by atoms with van der Waals surface area (Å²) < 4.78 is 0. The van der Waals surface area contributed by atoms with Gasteiger partial charge in [0.05, 0.1) is 0 Å². The Balaban J connectivity index is 3.93. The van der Waals surface area contributed by atoms with Gasteiger partial charge in [-0.2, -0.15) is 5.26 Å². The summed E-state index contributed by atoms with van der Waals surface area (Å²) in [6, 6.07) is 1.76. The Morgan fingerprint density at radius 2 is 2.50 bits per heavy atom. The molecule has 0 spiro atoms. The summed E-state index contributed by atoms with van der Waals surface area (Å²) in [5.41, 5.74) is 6.10. The number of nitrogens with two attached hydrogens (primary N) is 2. The third kappa shape index (κ3) is 3.64. The van der Waals surface area contributed by atoms with E-state index in [1.165, 1.54) is 6.08 Å². The fourth-order valence-electron chi connectivity index (χ4n) is 0.487. The van der Waals surface area contributed by atoms with Crippen molar-refractivity contribution in [3.8, 4) is 6.07 Å². The highest BCUT2D eigenvalue weighted by Crippen LogP contribution is 1.78. The molecule has 54 valence electrons. The van der Waals surface area contributed by atoms with Gasteiger partial charge in [-0.1, -0.05) is 0 Å². The lowest BCUT2D eigenvalue weighted by atomic mass is 10.3. The number of allylic oxidation sites excluding steroid dienone is 1. The molecule has 0 amide bonds. The number of nitrogens with one attached hydrogen (secondary N) is 1. The van der Waals surface area contributed by atoms with Gasteiger partial charge >= 0.3 is 0 Å². The van der Waals surface area contributed by atoms with E-state index in [1.54, 1.807) is 13.1 Å². The van der Waals surface area contributed by atoms with Crippen LogP contribution in [0.15, 0.2) is 11.8 Å². The van der Waals surface area contributed by atoms with Crippen LogP contribution in [0.1, 0.15) is 0 Å². The molecule has 0 aromatic carbocycles. The van der Waals surface area contributed by atoms with Crippen LogP contribution in [0.2, 0.25) is 0 Å². The first-order chi connectivity index (χ1) is 4.70. The van der Waals surface area contributed by atoms with E-state index in [-0.39, 0.29) is 5.71 Å². The van der Waals surface area contributed by atoms with Crippen LogP contribution < -0.4 is 16.5 Å². The second kappa shape index (κ2) is 4.53. The highest BCUT2D eigenvalue weighted by molar-refractivity contribution is 6.02. The SMILES string of the molecule is CNCC(N)=CC(=[NH2+])C#N. The molecule has 10 heavy (non-hydrogen) atoms. The minimum atomic E-state index is 0.132. The van der Waals surface area contributed by atoms with Gasteiger partial charge in [-0.3, -0.25) is 0 Å². The fraction of sp³-hybridized carbons (Fsp3) is 0.333. The Hall–Kier alpha value is -1.34. The quantitative estimate of drug-likeness (QED) is 0.387. The average Bonchev–Trinajstić information content (AvgIpc) is 1.88.